The van der Waals surface area contributed by atoms with E-state index in [1.165, 1.54) is 25.3 Å². The van der Waals surface area contributed by atoms with Crippen molar-refractivity contribution in [1.29, 1.82) is 0 Å². The Kier molecular flexibility index (Phi) is 5.79. The van der Waals surface area contributed by atoms with Gasteiger partial charge in [-0.15, -0.1) is 0 Å². The fourth-order valence-electron chi connectivity index (χ4n) is 1.54. The highest BCUT2D eigenvalue weighted by atomic mass is 16.5. The number of rotatable bonds is 7. The van der Waals surface area contributed by atoms with E-state index >= 15 is 0 Å². The average molecular weight is 282 g/mol. The molecule has 0 fully saturated rings. The Hall–Kier alpha value is -2.28. The van der Waals surface area contributed by atoms with Crippen LogP contribution in [0.15, 0.2) is 18.2 Å². The number of carboxylic acids is 1. The zero-order valence-corrected chi connectivity index (χ0v) is 11.4. The molecule has 1 atom stereocenters. The molecule has 110 valence electrons. The molecule has 0 aliphatic carbocycles. The molecule has 0 aromatic heterocycles. The van der Waals surface area contributed by atoms with Crippen LogP contribution in [-0.4, -0.2) is 43.3 Å². The molecule has 0 spiro atoms. The van der Waals surface area contributed by atoms with Gasteiger partial charge in [-0.25, -0.2) is 4.79 Å². The smallest absolute Gasteiger partial charge is 0.335 e. The van der Waals surface area contributed by atoms with E-state index in [9.17, 15) is 9.59 Å². The van der Waals surface area contributed by atoms with Crippen LogP contribution >= 0.6 is 0 Å². The highest BCUT2D eigenvalue weighted by Crippen LogP contribution is 2.22. The number of carbonyl (C=O) groups is 2. The molecule has 7 heteroatoms. The van der Waals surface area contributed by atoms with Gasteiger partial charge in [0.1, 0.15) is 5.75 Å². The summed E-state index contributed by atoms with van der Waals surface area (Å²) in [5, 5.41) is 11.5. The fourth-order valence-corrected chi connectivity index (χ4v) is 1.54. The minimum absolute atomic E-state index is 0.0439. The Morgan fingerprint density at radius 1 is 1.45 bits per heavy atom. The standard InChI is InChI=1S/C13H18N2O5/c1-8(6-19-2)15-12(16)7-20-11-5-9(13(17)18)3-4-10(11)14/h3-5,8H,6-7,14H2,1-2H3,(H,15,16)(H,17,18). The number of hydrogen-bond donors (Lipinski definition) is 3. The Morgan fingerprint density at radius 2 is 2.15 bits per heavy atom. The lowest BCUT2D eigenvalue weighted by molar-refractivity contribution is -0.124. The van der Waals surface area contributed by atoms with Crippen molar-refractivity contribution in [3.8, 4) is 5.75 Å². The maximum Gasteiger partial charge on any atom is 0.335 e. The lowest BCUT2D eigenvalue weighted by Crippen LogP contribution is -2.38. The Bertz CT molecular complexity index is 490. The van der Waals surface area contributed by atoms with Crippen LogP contribution in [0.1, 0.15) is 17.3 Å². The summed E-state index contributed by atoms with van der Waals surface area (Å²) in [6, 6.07) is 3.93. The van der Waals surface area contributed by atoms with Crippen LogP contribution in [-0.2, 0) is 9.53 Å². The molecular formula is C13H18N2O5. The number of nitrogen functional groups attached to an aromatic ring is 1. The number of carboxylic acid groups (broad SMARTS) is 1. The minimum Gasteiger partial charge on any atom is -0.482 e. The van der Waals surface area contributed by atoms with Crippen LogP contribution < -0.4 is 15.8 Å². The Morgan fingerprint density at radius 3 is 2.75 bits per heavy atom. The maximum atomic E-state index is 11.6. The third-order valence-corrected chi connectivity index (χ3v) is 2.44. The van der Waals surface area contributed by atoms with E-state index in [-0.39, 0.29) is 35.6 Å². The number of carbonyl (C=O) groups excluding carboxylic acids is 1. The first-order chi connectivity index (χ1) is 9.43. The number of nitrogens with two attached hydrogens (primary N) is 1. The van der Waals surface area contributed by atoms with Gasteiger partial charge in [0.05, 0.1) is 17.9 Å². The number of benzene rings is 1. The molecule has 0 heterocycles. The third-order valence-electron chi connectivity index (χ3n) is 2.44. The molecule has 1 aromatic carbocycles. The molecule has 20 heavy (non-hydrogen) atoms. The molecular weight excluding hydrogens is 264 g/mol. The quantitative estimate of drug-likeness (QED) is 0.628. The van der Waals surface area contributed by atoms with Gasteiger partial charge in [-0.3, -0.25) is 4.79 Å². The zero-order chi connectivity index (χ0) is 15.1. The van der Waals surface area contributed by atoms with Crippen molar-refractivity contribution in [2.75, 3.05) is 26.1 Å². The van der Waals surface area contributed by atoms with Gasteiger partial charge in [0.25, 0.3) is 5.91 Å². The molecule has 0 aliphatic heterocycles. The summed E-state index contributed by atoms with van der Waals surface area (Å²) >= 11 is 0. The summed E-state index contributed by atoms with van der Waals surface area (Å²) in [7, 11) is 1.54. The molecule has 0 saturated heterocycles. The number of ether oxygens (including phenoxy) is 2. The first-order valence-corrected chi connectivity index (χ1v) is 5.98. The maximum absolute atomic E-state index is 11.6. The van der Waals surface area contributed by atoms with Crippen LogP contribution in [0.5, 0.6) is 5.75 Å². The molecule has 0 saturated carbocycles. The summed E-state index contributed by atoms with van der Waals surface area (Å²) in [4.78, 5) is 22.4. The van der Waals surface area contributed by atoms with E-state index in [4.69, 9.17) is 20.3 Å². The van der Waals surface area contributed by atoms with E-state index in [0.717, 1.165) is 0 Å². The fraction of sp³-hybridized carbons (Fsp3) is 0.385. The lowest BCUT2D eigenvalue weighted by Gasteiger charge is -2.14. The first-order valence-electron chi connectivity index (χ1n) is 5.98. The summed E-state index contributed by atoms with van der Waals surface area (Å²) in [5.41, 5.74) is 5.97. The van der Waals surface area contributed by atoms with Crippen molar-refractivity contribution >= 4 is 17.6 Å². The van der Waals surface area contributed by atoms with Gasteiger partial charge in [-0.1, -0.05) is 0 Å². The zero-order valence-electron chi connectivity index (χ0n) is 11.4. The van der Waals surface area contributed by atoms with Gasteiger partial charge in [-0.05, 0) is 25.1 Å². The molecule has 1 aromatic rings. The van der Waals surface area contributed by atoms with Crippen LogP contribution in [0.3, 0.4) is 0 Å². The molecule has 7 nitrogen and oxygen atoms in total. The summed E-state index contributed by atoms with van der Waals surface area (Å²) < 4.78 is 10.1. The molecule has 1 unspecified atom stereocenters. The van der Waals surface area contributed by atoms with Gasteiger partial charge >= 0.3 is 5.97 Å². The number of amides is 1. The van der Waals surface area contributed by atoms with Crippen molar-refractivity contribution in [2.24, 2.45) is 0 Å². The van der Waals surface area contributed by atoms with Crippen molar-refractivity contribution in [1.82, 2.24) is 5.32 Å². The monoisotopic (exact) mass is 282 g/mol. The molecule has 4 N–H and O–H groups in total. The highest BCUT2D eigenvalue weighted by molar-refractivity contribution is 5.89. The van der Waals surface area contributed by atoms with Crippen molar-refractivity contribution in [3.63, 3.8) is 0 Å². The second-order valence-electron chi connectivity index (χ2n) is 4.27. The highest BCUT2D eigenvalue weighted by Gasteiger charge is 2.11. The SMILES string of the molecule is COCC(C)NC(=O)COc1cc(C(=O)O)ccc1N. The largest absolute Gasteiger partial charge is 0.482 e. The first kappa shape index (κ1) is 15.8. The molecule has 1 rings (SSSR count). The van der Waals surface area contributed by atoms with Gasteiger partial charge in [0, 0.05) is 13.2 Å². The normalized spacial score (nSPS) is 11.7. The van der Waals surface area contributed by atoms with Gasteiger partial charge in [-0.2, -0.15) is 0 Å². The van der Waals surface area contributed by atoms with Gasteiger partial charge in [0.2, 0.25) is 0 Å². The number of anilines is 1. The van der Waals surface area contributed by atoms with Crippen molar-refractivity contribution in [3.05, 3.63) is 23.8 Å². The topological polar surface area (TPSA) is 111 Å². The van der Waals surface area contributed by atoms with Crippen molar-refractivity contribution in [2.45, 2.75) is 13.0 Å². The number of nitrogens with one attached hydrogen (secondary N) is 1. The van der Waals surface area contributed by atoms with E-state index in [1.54, 1.807) is 6.92 Å². The Balaban J connectivity index is 2.59. The Labute approximate surface area is 116 Å². The van der Waals surface area contributed by atoms with E-state index in [2.05, 4.69) is 5.32 Å². The van der Waals surface area contributed by atoms with Crippen LogP contribution in [0.4, 0.5) is 5.69 Å². The summed E-state index contributed by atoms with van der Waals surface area (Å²) in [5.74, 6) is -1.26. The third kappa shape index (κ3) is 4.77. The second-order valence-corrected chi connectivity index (χ2v) is 4.27. The molecule has 0 aliphatic rings. The number of aromatic carboxylic acids is 1. The summed E-state index contributed by atoms with van der Waals surface area (Å²) in [6.45, 7) is 1.94. The molecule has 1 amide bonds. The van der Waals surface area contributed by atoms with Gasteiger partial charge < -0.3 is 25.6 Å². The molecule has 0 radical (unpaired) electrons. The second kappa shape index (κ2) is 7.34. The van der Waals surface area contributed by atoms with Crippen molar-refractivity contribution < 1.29 is 24.2 Å². The number of hydrogen-bond acceptors (Lipinski definition) is 5. The van der Waals surface area contributed by atoms with Gasteiger partial charge in [0.15, 0.2) is 6.61 Å². The van der Waals surface area contributed by atoms with Crippen LogP contribution in [0.2, 0.25) is 0 Å². The van der Waals surface area contributed by atoms with Crippen LogP contribution in [0.25, 0.3) is 0 Å². The lowest BCUT2D eigenvalue weighted by atomic mass is 10.2. The predicted octanol–water partition coefficient (Wildman–Crippen LogP) is 0.497. The van der Waals surface area contributed by atoms with Crippen LogP contribution in [0, 0.1) is 0 Å². The number of methoxy groups -OCH3 is 1. The molecule has 0 bridgehead atoms. The summed E-state index contributed by atoms with van der Waals surface area (Å²) in [6.07, 6.45) is 0. The average Bonchev–Trinajstić information content (AvgIpc) is 2.37. The minimum atomic E-state index is -1.09. The van der Waals surface area contributed by atoms with E-state index < -0.39 is 5.97 Å². The van der Waals surface area contributed by atoms with E-state index in [1.807, 2.05) is 0 Å². The predicted molar refractivity (Wildman–Crippen MR) is 72.8 cm³/mol. The van der Waals surface area contributed by atoms with E-state index in [0.29, 0.717) is 6.61 Å².